The minimum Gasteiger partial charge on any atom is -0.493 e. The van der Waals surface area contributed by atoms with Crippen LogP contribution in [0.1, 0.15) is 25.3 Å². The summed E-state index contributed by atoms with van der Waals surface area (Å²) in [5, 5.41) is 2.56. The van der Waals surface area contributed by atoms with Crippen molar-refractivity contribution >= 4 is 57.1 Å². The molecule has 4 amide bonds. The minimum absolute atomic E-state index is 0.178. The number of amides is 4. The lowest BCUT2D eigenvalue weighted by Crippen LogP contribution is -2.54. The van der Waals surface area contributed by atoms with Gasteiger partial charge in [-0.3, -0.25) is 14.9 Å². The molecule has 0 aromatic heterocycles. The van der Waals surface area contributed by atoms with Crippen LogP contribution in [0.15, 0.2) is 52.5 Å². The summed E-state index contributed by atoms with van der Waals surface area (Å²) in [6.45, 7) is 2.57. The van der Waals surface area contributed by atoms with Crippen LogP contribution in [0, 0.1) is 0 Å². The van der Waals surface area contributed by atoms with E-state index in [0.29, 0.717) is 22.9 Å². The van der Waals surface area contributed by atoms with Gasteiger partial charge < -0.3 is 4.74 Å². The molecule has 0 spiro atoms. The van der Waals surface area contributed by atoms with Crippen LogP contribution in [-0.4, -0.2) is 24.5 Å². The molecular formula is C21H18BrClN2O4. The van der Waals surface area contributed by atoms with Crippen LogP contribution in [-0.2, 0) is 9.59 Å². The first-order valence-corrected chi connectivity index (χ1v) is 10.2. The van der Waals surface area contributed by atoms with E-state index in [4.69, 9.17) is 16.3 Å². The van der Waals surface area contributed by atoms with Crippen LogP contribution in [0.3, 0.4) is 0 Å². The normalized spacial score (nSPS) is 15.6. The van der Waals surface area contributed by atoms with Crippen molar-refractivity contribution in [2.24, 2.45) is 0 Å². The lowest BCUT2D eigenvalue weighted by molar-refractivity contribution is -0.122. The number of imide groups is 2. The maximum Gasteiger partial charge on any atom is 0.335 e. The average Bonchev–Trinajstić information content (AvgIpc) is 2.67. The van der Waals surface area contributed by atoms with Crippen molar-refractivity contribution in [2.45, 2.75) is 19.8 Å². The molecule has 1 aliphatic rings. The van der Waals surface area contributed by atoms with E-state index in [-0.39, 0.29) is 11.3 Å². The predicted octanol–water partition coefficient (Wildman–Crippen LogP) is 4.95. The summed E-state index contributed by atoms with van der Waals surface area (Å²) in [6.07, 6.45) is 3.28. The van der Waals surface area contributed by atoms with Gasteiger partial charge in [-0.2, -0.15) is 0 Å². The monoisotopic (exact) mass is 476 g/mol. The Morgan fingerprint density at radius 3 is 2.69 bits per heavy atom. The highest BCUT2D eigenvalue weighted by Crippen LogP contribution is 2.29. The molecule has 0 atom stereocenters. The Labute approximate surface area is 181 Å². The fraction of sp³-hybridized carbons (Fsp3) is 0.190. The standard InChI is InChI=1S/C21H18BrClN2O4/c1-2-3-9-29-18-8-7-14(22)10-13(18)11-17-19(26)24-21(28)25(20(17)27)16-6-4-5-15(23)12-16/h4-8,10-12H,2-3,9H2,1H3,(H,24,26,28)/b17-11+. The van der Waals surface area contributed by atoms with Crippen molar-refractivity contribution in [2.75, 3.05) is 11.5 Å². The molecule has 6 nitrogen and oxygen atoms in total. The zero-order valence-corrected chi connectivity index (χ0v) is 17.9. The van der Waals surface area contributed by atoms with Crippen LogP contribution in [0.5, 0.6) is 5.75 Å². The first-order valence-electron chi connectivity index (χ1n) is 9.00. The Balaban J connectivity index is 2.00. The number of nitrogens with one attached hydrogen (secondary N) is 1. The van der Waals surface area contributed by atoms with Crippen molar-refractivity contribution < 1.29 is 19.1 Å². The average molecular weight is 478 g/mol. The van der Waals surface area contributed by atoms with Gasteiger partial charge >= 0.3 is 6.03 Å². The molecule has 2 aromatic carbocycles. The SMILES string of the molecule is CCCCOc1ccc(Br)cc1/C=C1\C(=O)NC(=O)N(c2cccc(Cl)c2)C1=O. The summed E-state index contributed by atoms with van der Waals surface area (Å²) >= 11 is 9.37. The number of urea groups is 1. The number of benzene rings is 2. The fourth-order valence-electron chi connectivity index (χ4n) is 2.75. The molecule has 0 bridgehead atoms. The molecule has 0 radical (unpaired) electrons. The van der Waals surface area contributed by atoms with Crippen LogP contribution in [0.2, 0.25) is 5.02 Å². The number of unbranched alkanes of at least 4 members (excludes halogenated alkanes) is 1. The number of nitrogens with zero attached hydrogens (tertiary/aromatic N) is 1. The number of barbiturate groups is 1. The lowest BCUT2D eigenvalue weighted by atomic mass is 10.1. The Kier molecular flexibility index (Phi) is 6.71. The maximum atomic E-state index is 13.0. The van der Waals surface area contributed by atoms with Gasteiger partial charge in [0.25, 0.3) is 11.8 Å². The minimum atomic E-state index is -0.826. The van der Waals surface area contributed by atoms with Gasteiger partial charge in [-0.05, 0) is 48.9 Å². The van der Waals surface area contributed by atoms with E-state index in [2.05, 4.69) is 28.2 Å². The Morgan fingerprint density at radius 2 is 1.97 bits per heavy atom. The van der Waals surface area contributed by atoms with E-state index in [9.17, 15) is 14.4 Å². The number of hydrogen-bond donors (Lipinski definition) is 1. The van der Waals surface area contributed by atoms with Gasteiger partial charge in [0.1, 0.15) is 11.3 Å². The van der Waals surface area contributed by atoms with Crippen LogP contribution < -0.4 is 15.0 Å². The largest absolute Gasteiger partial charge is 0.493 e. The molecule has 1 N–H and O–H groups in total. The second-order valence-corrected chi connectivity index (χ2v) is 7.67. The number of hydrogen-bond acceptors (Lipinski definition) is 4. The van der Waals surface area contributed by atoms with E-state index in [0.717, 1.165) is 22.2 Å². The smallest absolute Gasteiger partial charge is 0.335 e. The van der Waals surface area contributed by atoms with Gasteiger partial charge in [0.05, 0.1) is 12.3 Å². The van der Waals surface area contributed by atoms with Crippen LogP contribution in [0.25, 0.3) is 6.08 Å². The molecule has 150 valence electrons. The topological polar surface area (TPSA) is 75.7 Å². The lowest BCUT2D eigenvalue weighted by Gasteiger charge is -2.26. The molecule has 1 fully saturated rings. The molecule has 0 aliphatic carbocycles. The molecule has 1 saturated heterocycles. The zero-order valence-electron chi connectivity index (χ0n) is 15.6. The fourth-order valence-corrected chi connectivity index (χ4v) is 3.32. The number of anilines is 1. The van der Waals surface area contributed by atoms with Crippen molar-refractivity contribution in [3.05, 3.63) is 63.1 Å². The summed E-state index contributed by atoms with van der Waals surface area (Å²) in [5.74, 6) is -0.959. The highest BCUT2D eigenvalue weighted by atomic mass is 79.9. The first-order chi connectivity index (χ1) is 13.9. The third-order valence-corrected chi connectivity index (χ3v) is 4.92. The number of carbonyl (C=O) groups is 3. The van der Waals surface area contributed by atoms with E-state index in [1.807, 2.05) is 6.07 Å². The first kappa shape index (κ1) is 21.1. The third-order valence-electron chi connectivity index (χ3n) is 4.20. The van der Waals surface area contributed by atoms with Gasteiger partial charge in [0.2, 0.25) is 0 Å². The molecule has 2 aromatic rings. The molecule has 0 saturated carbocycles. The summed E-state index contributed by atoms with van der Waals surface area (Å²) in [4.78, 5) is 38.6. The summed E-state index contributed by atoms with van der Waals surface area (Å²) in [6, 6.07) is 10.8. The Bertz CT molecular complexity index is 1010. The molecule has 3 rings (SSSR count). The quantitative estimate of drug-likeness (QED) is 0.363. The molecule has 29 heavy (non-hydrogen) atoms. The highest BCUT2D eigenvalue weighted by Gasteiger charge is 2.37. The Hall–Kier alpha value is -2.64. The molecular weight excluding hydrogens is 460 g/mol. The molecule has 1 heterocycles. The van der Waals surface area contributed by atoms with Crippen LogP contribution >= 0.6 is 27.5 Å². The van der Waals surface area contributed by atoms with Gasteiger partial charge in [-0.15, -0.1) is 0 Å². The maximum absolute atomic E-state index is 13.0. The number of rotatable bonds is 6. The predicted molar refractivity (Wildman–Crippen MR) is 115 cm³/mol. The second kappa shape index (κ2) is 9.24. The zero-order chi connectivity index (χ0) is 21.0. The van der Waals surface area contributed by atoms with Crippen molar-refractivity contribution in [3.63, 3.8) is 0 Å². The van der Waals surface area contributed by atoms with Crippen LogP contribution in [0.4, 0.5) is 10.5 Å². The van der Waals surface area contributed by atoms with E-state index in [1.54, 1.807) is 30.3 Å². The molecule has 1 aliphatic heterocycles. The summed E-state index contributed by atoms with van der Waals surface area (Å²) in [7, 11) is 0. The number of ether oxygens (including phenoxy) is 1. The summed E-state index contributed by atoms with van der Waals surface area (Å²) in [5.41, 5.74) is 0.643. The van der Waals surface area contributed by atoms with E-state index in [1.165, 1.54) is 12.1 Å². The Morgan fingerprint density at radius 1 is 1.17 bits per heavy atom. The highest BCUT2D eigenvalue weighted by molar-refractivity contribution is 9.10. The van der Waals surface area contributed by atoms with E-state index < -0.39 is 17.8 Å². The summed E-state index contributed by atoms with van der Waals surface area (Å²) < 4.78 is 6.55. The van der Waals surface area contributed by atoms with Gasteiger partial charge in [0, 0.05) is 15.1 Å². The third kappa shape index (κ3) is 4.86. The molecule has 0 unspecified atom stereocenters. The molecule has 8 heteroatoms. The van der Waals surface area contributed by atoms with Crippen molar-refractivity contribution in [1.29, 1.82) is 0 Å². The van der Waals surface area contributed by atoms with Gasteiger partial charge in [-0.25, -0.2) is 9.69 Å². The van der Waals surface area contributed by atoms with E-state index >= 15 is 0 Å². The second-order valence-electron chi connectivity index (χ2n) is 6.32. The van der Waals surface area contributed by atoms with Gasteiger partial charge in [0.15, 0.2) is 0 Å². The number of carbonyl (C=O) groups excluding carboxylic acids is 3. The van der Waals surface area contributed by atoms with Crippen molar-refractivity contribution in [1.82, 2.24) is 5.32 Å². The number of halogens is 2. The van der Waals surface area contributed by atoms with Gasteiger partial charge in [-0.1, -0.05) is 46.9 Å². The van der Waals surface area contributed by atoms with Crippen molar-refractivity contribution in [3.8, 4) is 5.75 Å².